The molecule has 1 saturated heterocycles. The molecule has 6 nitrogen and oxygen atoms in total. The largest absolute Gasteiger partial charge is 0.322 e. The van der Waals surface area contributed by atoms with E-state index in [1.807, 2.05) is 13.0 Å². The Labute approximate surface area is 149 Å². The fourth-order valence-corrected chi connectivity index (χ4v) is 3.34. The van der Waals surface area contributed by atoms with Crippen LogP contribution in [0.4, 0.5) is 14.9 Å². The molecule has 1 aromatic heterocycles. The maximum atomic E-state index is 13.2. The number of carbonyl (C=O) groups is 1. The summed E-state index contributed by atoms with van der Waals surface area (Å²) >= 11 is 1.64. The Morgan fingerprint density at radius 1 is 1.40 bits per heavy atom. The first kappa shape index (κ1) is 17.3. The van der Waals surface area contributed by atoms with E-state index >= 15 is 0 Å². The van der Waals surface area contributed by atoms with E-state index in [4.69, 9.17) is 5.26 Å². The number of piperazine rings is 1. The van der Waals surface area contributed by atoms with E-state index in [1.54, 1.807) is 16.2 Å². The topological polar surface area (TPSA) is 72.3 Å². The zero-order valence-corrected chi connectivity index (χ0v) is 14.6. The third-order valence-electron chi connectivity index (χ3n) is 4.06. The van der Waals surface area contributed by atoms with Gasteiger partial charge in [0, 0.05) is 38.1 Å². The minimum atomic E-state index is -0.500. The van der Waals surface area contributed by atoms with Gasteiger partial charge in [-0.05, 0) is 25.1 Å². The summed E-state index contributed by atoms with van der Waals surface area (Å²) in [6.07, 6.45) is 0. The lowest BCUT2D eigenvalue weighted by Crippen LogP contribution is -2.49. The summed E-state index contributed by atoms with van der Waals surface area (Å²) in [7, 11) is 0. The van der Waals surface area contributed by atoms with Gasteiger partial charge in [0.2, 0.25) is 0 Å². The van der Waals surface area contributed by atoms with E-state index in [2.05, 4.69) is 20.6 Å². The third-order valence-corrected chi connectivity index (χ3v) is 4.88. The monoisotopic (exact) mass is 359 g/mol. The predicted octanol–water partition coefficient (Wildman–Crippen LogP) is 2.81. The number of aromatic nitrogens is 1. The number of benzene rings is 1. The van der Waals surface area contributed by atoms with Gasteiger partial charge in [0.25, 0.3) is 0 Å². The first-order chi connectivity index (χ1) is 12.0. The lowest BCUT2D eigenvalue weighted by atomic mass is 10.2. The van der Waals surface area contributed by atoms with Crippen molar-refractivity contribution < 1.29 is 9.18 Å². The molecule has 1 aliphatic rings. The van der Waals surface area contributed by atoms with E-state index in [1.165, 1.54) is 12.1 Å². The van der Waals surface area contributed by atoms with Crippen LogP contribution < -0.4 is 5.32 Å². The Morgan fingerprint density at radius 2 is 2.16 bits per heavy atom. The van der Waals surface area contributed by atoms with Gasteiger partial charge >= 0.3 is 6.03 Å². The summed E-state index contributed by atoms with van der Waals surface area (Å²) in [5.41, 5.74) is 1.51. The van der Waals surface area contributed by atoms with Crippen LogP contribution in [0.15, 0.2) is 23.6 Å². The highest BCUT2D eigenvalue weighted by molar-refractivity contribution is 7.09. The van der Waals surface area contributed by atoms with Crippen molar-refractivity contribution in [1.82, 2.24) is 14.8 Å². The summed E-state index contributed by atoms with van der Waals surface area (Å²) < 4.78 is 13.2. The highest BCUT2D eigenvalue weighted by Gasteiger charge is 2.22. The minimum Gasteiger partial charge on any atom is -0.322 e. The molecule has 2 heterocycles. The number of aryl methyl sites for hydroxylation is 1. The van der Waals surface area contributed by atoms with Crippen LogP contribution in [0, 0.1) is 24.1 Å². The third kappa shape index (κ3) is 4.32. The molecule has 8 heteroatoms. The van der Waals surface area contributed by atoms with Crippen LogP contribution >= 0.6 is 11.3 Å². The highest BCUT2D eigenvalue weighted by Crippen LogP contribution is 2.17. The van der Waals surface area contributed by atoms with Gasteiger partial charge < -0.3 is 10.2 Å². The summed E-state index contributed by atoms with van der Waals surface area (Å²) in [6, 6.07) is 5.37. The number of hydrogen-bond acceptors (Lipinski definition) is 5. The molecule has 0 saturated carbocycles. The van der Waals surface area contributed by atoms with Crippen LogP contribution in [0.25, 0.3) is 0 Å². The lowest BCUT2D eigenvalue weighted by molar-refractivity contribution is 0.142. The zero-order valence-electron chi connectivity index (χ0n) is 13.8. The number of nitrogens with zero attached hydrogens (tertiary/aromatic N) is 4. The number of thiazole rings is 1. The average Bonchev–Trinajstić information content (AvgIpc) is 3.02. The van der Waals surface area contributed by atoms with Crippen molar-refractivity contribution in [3.8, 4) is 6.07 Å². The number of halogens is 1. The zero-order chi connectivity index (χ0) is 17.8. The van der Waals surface area contributed by atoms with Gasteiger partial charge in [-0.25, -0.2) is 14.2 Å². The molecule has 1 aliphatic heterocycles. The second-order valence-corrected chi connectivity index (χ2v) is 6.92. The Hall–Kier alpha value is -2.50. The number of urea groups is 1. The molecular weight excluding hydrogens is 341 g/mol. The normalized spacial score (nSPS) is 15.0. The van der Waals surface area contributed by atoms with Crippen LogP contribution in [0.2, 0.25) is 0 Å². The van der Waals surface area contributed by atoms with Gasteiger partial charge in [-0.1, -0.05) is 0 Å². The smallest absolute Gasteiger partial charge is 0.321 e. The maximum Gasteiger partial charge on any atom is 0.321 e. The number of anilines is 1. The van der Waals surface area contributed by atoms with Crippen molar-refractivity contribution in [3.05, 3.63) is 45.7 Å². The Kier molecular flexibility index (Phi) is 5.26. The fraction of sp³-hybridized carbons (Fsp3) is 0.353. The SMILES string of the molecule is Cc1nc(CN2CCN(C(=O)Nc3ccc(F)cc3C#N)CC2)cs1. The molecule has 0 radical (unpaired) electrons. The first-order valence-corrected chi connectivity index (χ1v) is 8.82. The maximum absolute atomic E-state index is 13.2. The lowest BCUT2D eigenvalue weighted by Gasteiger charge is -2.34. The molecule has 1 fully saturated rings. The number of amides is 2. The van der Waals surface area contributed by atoms with Crippen molar-refractivity contribution in [2.45, 2.75) is 13.5 Å². The second kappa shape index (κ2) is 7.59. The molecule has 0 unspecified atom stereocenters. The molecule has 1 N–H and O–H groups in total. The van der Waals surface area contributed by atoms with E-state index < -0.39 is 5.82 Å². The Balaban J connectivity index is 1.54. The number of carbonyl (C=O) groups excluding carboxylic acids is 1. The number of rotatable bonds is 3. The van der Waals surface area contributed by atoms with Crippen molar-refractivity contribution in [1.29, 1.82) is 5.26 Å². The van der Waals surface area contributed by atoms with Gasteiger partial charge in [-0.2, -0.15) is 5.26 Å². The van der Waals surface area contributed by atoms with Crippen molar-refractivity contribution >= 4 is 23.1 Å². The van der Waals surface area contributed by atoms with E-state index in [-0.39, 0.29) is 11.6 Å². The van der Waals surface area contributed by atoms with Crippen molar-refractivity contribution in [3.63, 3.8) is 0 Å². The molecule has 3 rings (SSSR count). The summed E-state index contributed by atoms with van der Waals surface area (Å²) in [6.45, 7) is 5.49. The molecule has 0 spiro atoms. The van der Waals surface area contributed by atoms with Gasteiger partial charge in [0.1, 0.15) is 11.9 Å². The number of hydrogen-bond donors (Lipinski definition) is 1. The molecule has 0 bridgehead atoms. The van der Waals surface area contributed by atoms with Gasteiger partial charge in [0.05, 0.1) is 22.0 Å². The molecular formula is C17H18FN5OS. The Morgan fingerprint density at radius 3 is 2.80 bits per heavy atom. The predicted molar refractivity (Wildman–Crippen MR) is 93.8 cm³/mol. The van der Waals surface area contributed by atoms with Crippen LogP contribution in [-0.4, -0.2) is 47.0 Å². The van der Waals surface area contributed by atoms with Crippen LogP contribution in [-0.2, 0) is 6.54 Å². The summed E-state index contributed by atoms with van der Waals surface area (Å²) in [5, 5.41) is 14.9. The standard InChI is InChI=1S/C17H18FN5OS/c1-12-20-15(11-25-12)10-22-4-6-23(7-5-22)17(24)21-16-3-2-14(18)8-13(16)9-19/h2-3,8,11H,4-7,10H2,1H3,(H,21,24). The van der Waals surface area contributed by atoms with Crippen LogP contribution in [0.1, 0.15) is 16.3 Å². The van der Waals surface area contributed by atoms with E-state index in [9.17, 15) is 9.18 Å². The number of nitrogens with one attached hydrogen (secondary N) is 1. The van der Waals surface area contributed by atoms with Crippen LogP contribution in [0.5, 0.6) is 0 Å². The van der Waals surface area contributed by atoms with E-state index in [0.717, 1.165) is 36.4 Å². The fourth-order valence-electron chi connectivity index (χ4n) is 2.73. The summed E-state index contributed by atoms with van der Waals surface area (Å²) in [5.74, 6) is -0.500. The molecule has 1 aromatic carbocycles. The Bertz CT molecular complexity index is 808. The molecule has 130 valence electrons. The van der Waals surface area contributed by atoms with Crippen LogP contribution in [0.3, 0.4) is 0 Å². The molecule has 25 heavy (non-hydrogen) atoms. The van der Waals surface area contributed by atoms with Gasteiger partial charge in [-0.15, -0.1) is 11.3 Å². The second-order valence-electron chi connectivity index (χ2n) is 5.85. The number of nitriles is 1. The van der Waals surface area contributed by atoms with Gasteiger partial charge in [0.15, 0.2) is 0 Å². The average molecular weight is 359 g/mol. The van der Waals surface area contributed by atoms with Crippen molar-refractivity contribution in [2.75, 3.05) is 31.5 Å². The highest BCUT2D eigenvalue weighted by atomic mass is 32.1. The molecule has 2 amide bonds. The first-order valence-electron chi connectivity index (χ1n) is 7.94. The molecule has 0 aliphatic carbocycles. The molecule has 2 aromatic rings. The van der Waals surface area contributed by atoms with Crippen molar-refractivity contribution in [2.24, 2.45) is 0 Å². The summed E-state index contributed by atoms with van der Waals surface area (Å²) in [4.78, 5) is 20.8. The minimum absolute atomic E-state index is 0.117. The van der Waals surface area contributed by atoms with Gasteiger partial charge in [-0.3, -0.25) is 4.90 Å². The quantitative estimate of drug-likeness (QED) is 0.915. The van der Waals surface area contributed by atoms with E-state index in [0.29, 0.717) is 18.8 Å². The molecule has 0 atom stereocenters.